The minimum absolute atomic E-state index is 0.153. The van der Waals surface area contributed by atoms with Crippen LogP contribution in [0.15, 0.2) is 48.5 Å². The number of carbonyl (C=O) groups is 1. The van der Waals surface area contributed by atoms with E-state index in [-0.39, 0.29) is 12.2 Å². The molecule has 0 radical (unpaired) electrons. The van der Waals surface area contributed by atoms with Crippen molar-refractivity contribution < 1.29 is 22.9 Å². The monoisotopic (exact) mass is 335 g/mol. The Bertz CT molecular complexity index is 743. The van der Waals surface area contributed by atoms with E-state index in [0.717, 1.165) is 23.9 Å². The molecule has 24 heavy (non-hydrogen) atoms. The van der Waals surface area contributed by atoms with Crippen LogP contribution < -0.4 is 10.2 Å². The number of halogens is 3. The van der Waals surface area contributed by atoms with Crippen LogP contribution in [0.1, 0.15) is 16.7 Å². The van der Waals surface area contributed by atoms with Crippen LogP contribution in [0.2, 0.25) is 0 Å². The lowest BCUT2D eigenvalue weighted by atomic mass is 10.00. The normalized spacial score (nSPS) is 17.2. The average molecular weight is 335 g/mol. The number of quaternary nitrogens is 1. The Morgan fingerprint density at radius 2 is 1.71 bits per heavy atom. The number of amides is 1. The molecule has 0 aromatic heterocycles. The van der Waals surface area contributed by atoms with Crippen LogP contribution in [-0.4, -0.2) is 19.0 Å². The second kappa shape index (κ2) is 6.65. The number of para-hydroxylation sites is 1. The smallest absolute Gasteiger partial charge is 0.323 e. The minimum Gasteiger partial charge on any atom is -0.323 e. The third-order valence-corrected chi connectivity index (χ3v) is 4.22. The van der Waals surface area contributed by atoms with Gasteiger partial charge in [-0.05, 0) is 17.7 Å². The summed E-state index contributed by atoms with van der Waals surface area (Å²) in [7, 11) is 0. The Kier molecular flexibility index (Phi) is 4.57. The molecule has 1 amide bonds. The second-order valence-corrected chi connectivity index (χ2v) is 5.96. The predicted molar refractivity (Wildman–Crippen MR) is 84.6 cm³/mol. The molecule has 126 valence electrons. The zero-order valence-corrected chi connectivity index (χ0v) is 13.0. The van der Waals surface area contributed by atoms with Crippen molar-refractivity contribution >= 4 is 11.6 Å². The molecule has 0 bridgehead atoms. The average Bonchev–Trinajstić information content (AvgIpc) is 2.54. The standard InChI is InChI=1S/C18H17F3N2O/c19-18(20,21)15-7-3-4-8-16(15)22-17(24)12-23-10-9-13-5-1-2-6-14(13)11-23/h1-8H,9-12H2,(H,22,24)/p+1. The van der Waals surface area contributed by atoms with E-state index < -0.39 is 17.6 Å². The molecule has 0 saturated carbocycles. The summed E-state index contributed by atoms with van der Waals surface area (Å²) in [5.41, 5.74) is 1.47. The van der Waals surface area contributed by atoms with Crippen LogP contribution in [0.3, 0.4) is 0 Å². The number of fused-ring (bicyclic) bond motifs is 1. The molecule has 1 heterocycles. The Morgan fingerprint density at radius 3 is 2.46 bits per heavy atom. The minimum atomic E-state index is -4.49. The number of rotatable bonds is 3. The molecule has 3 rings (SSSR count). The van der Waals surface area contributed by atoms with Gasteiger partial charge in [-0.3, -0.25) is 4.79 Å². The van der Waals surface area contributed by atoms with Gasteiger partial charge in [-0.15, -0.1) is 0 Å². The van der Waals surface area contributed by atoms with Crippen molar-refractivity contribution in [3.05, 3.63) is 65.2 Å². The number of nitrogens with one attached hydrogen (secondary N) is 2. The quantitative estimate of drug-likeness (QED) is 0.887. The third-order valence-electron chi connectivity index (χ3n) is 4.22. The van der Waals surface area contributed by atoms with Crippen LogP contribution in [0.25, 0.3) is 0 Å². The summed E-state index contributed by atoms with van der Waals surface area (Å²) in [6.07, 6.45) is -3.61. The van der Waals surface area contributed by atoms with Crippen LogP contribution in [0.4, 0.5) is 18.9 Å². The fourth-order valence-electron chi connectivity index (χ4n) is 3.05. The predicted octanol–water partition coefficient (Wildman–Crippen LogP) is 2.29. The first-order valence-corrected chi connectivity index (χ1v) is 7.80. The van der Waals surface area contributed by atoms with Gasteiger partial charge < -0.3 is 10.2 Å². The van der Waals surface area contributed by atoms with E-state index in [4.69, 9.17) is 0 Å². The molecule has 1 aliphatic rings. The maximum Gasteiger partial charge on any atom is 0.418 e. The first-order valence-electron chi connectivity index (χ1n) is 7.80. The molecule has 1 unspecified atom stereocenters. The number of benzene rings is 2. The highest BCUT2D eigenvalue weighted by Gasteiger charge is 2.33. The fourth-order valence-corrected chi connectivity index (χ4v) is 3.05. The van der Waals surface area contributed by atoms with E-state index in [9.17, 15) is 18.0 Å². The van der Waals surface area contributed by atoms with E-state index in [2.05, 4.69) is 11.4 Å². The number of carbonyl (C=O) groups excluding carboxylic acids is 1. The molecule has 0 spiro atoms. The zero-order valence-electron chi connectivity index (χ0n) is 13.0. The fraction of sp³-hybridized carbons (Fsp3) is 0.278. The summed E-state index contributed by atoms with van der Waals surface area (Å²) in [6.45, 7) is 1.66. The Labute approximate surface area is 138 Å². The molecule has 2 aromatic carbocycles. The molecule has 1 aliphatic heterocycles. The van der Waals surface area contributed by atoms with Crippen LogP contribution in [0, 0.1) is 0 Å². The maximum atomic E-state index is 13.0. The highest BCUT2D eigenvalue weighted by Crippen LogP contribution is 2.34. The van der Waals surface area contributed by atoms with E-state index in [1.165, 1.54) is 29.3 Å². The highest BCUT2D eigenvalue weighted by atomic mass is 19.4. The van der Waals surface area contributed by atoms with Gasteiger partial charge in [0.05, 0.1) is 17.8 Å². The molecule has 0 saturated heterocycles. The van der Waals surface area contributed by atoms with Crippen LogP contribution in [-0.2, 0) is 23.9 Å². The van der Waals surface area contributed by atoms with Gasteiger partial charge in [0, 0.05) is 12.0 Å². The molecule has 1 atom stereocenters. The van der Waals surface area contributed by atoms with Gasteiger partial charge in [-0.25, -0.2) is 0 Å². The van der Waals surface area contributed by atoms with Crippen LogP contribution >= 0.6 is 0 Å². The summed E-state index contributed by atoms with van der Waals surface area (Å²) in [5.74, 6) is -0.402. The lowest BCUT2D eigenvalue weighted by Gasteiger charge is -2.25. The molecular formula is C18H18F3N2O+. The maximum absolute atomic E-state index is 13.0. The number of alkyl halides is 3. The van der Waals surface area contributed by atoms with Crippen molar-refractivity contribution in [3.63, 3.8) is 0 Å². The first-order chi connectivity index (χ1) is 11.4. The molecule has 6 heteroatoms. The van der Waals surface area contributed by atoms with Crippen molar-refractivity contribution in [2.75, 3.05) is 18.4 Å². The Balaban J connectivity index is 1.65. The number of hydrogen-bond donors (Lipinski definition) is 2. The van der Waals surface area contributed by atoms with Crippen molar-refractivity contribution in [1.82, 2.24) is 0 Å². The third kappa shape index (κ3) is 3.76. The van der Waals surface area contributed by atoms with Gasteiger partial charge in [0.2, 0.25) is 0 Å². The summed E-state index contributed by atoms with van der Waals surface area (Å²) in [4.78, 5) is 13.2. The lowest BCUT2D eigenvalue weighted by molar-refractivity contribution is -0.907. The van der Waals surface area contributed by atoms with E-state index in [0.29, 0.717) is 6.54 Å². The Hall–Kier alpha value is -2.34. The van der Waals surface area contributed by atoms with Crippen molar-refractivity contribution in [2.24, 2.45) is 0 Å². The van der Waals surface area contributed by atoms with Gasteiger partial charge in [-0.1, -0.05) is 36.4 Å². The molecule has 0 aliphatic carbocycles. The first kappa shape index (κ1) is 16.5. The zero-order chi connectivity index (χ0) is 17.2. The second-order valence-electron chi connectivity index (χ2n) is 5.96. The van der Waals surface area contributed by atoms with Crippen molar-refractivity contribution in [2.45, 2.75) is 19.1 Å². The molecule has 0 fully saturated rings. The van der Waals surface area contributed by atoms with Crippen LogP contribution in [0.5, 0.6) is 0 Å². The van der Waals surface area contributed by atoms with Gasteiger partial charge in [0.25, 0.3) is 5.91 Å². The van der Waals surface area contributed by atoms with Gasteiger partial charge in [0.1, 0.15) is 6.54 Å². The summed E-state index contributed by atoms with van der Waals surface area (Å²) in [5, 5.41) is 2.41. The number of hydrogen-bond acceptors (Lipinski definition) is 1. The van der Waals surface area contributed by atoms with E-state index in [1.54, 1.807) is 0 Å². The van der Waals surface area contributed by atoms with Gasteiger partial charge in [0.15, 0.2) is 6.54 Å². The van der Waals surface area contributed by atoms with E-state index in [1.807, 2.05) is 18.2 Å². The topological polar surface area (TPSA) is 33.5 Å². The van der Waals surface area contributed by atoms with Crippen molar-refractivity contribution in [3.8, 4) is 0 Å². The van der Waals surface area contributed by atoms with Crippen molar-refractivity contribution in [1.29, 1.82) is 0 Å². The van der Waals surface area contributed by atoms with Gasteiger partial charge in [-0.2, -0.15) is 13.2 Å². The summed E-state index contributed by atoms with van der Waals surface area (Å²) >= 11 is 0. The molecular weight excluding hydrogens is 317 g/mol. The highest BCUT2D eigenvalue weighted by molar-refractivity contribution is 5.92. The Morgan fingerprint density at radius 1 is 1.04 bits per heavy atom. The van der Waals surface area contributed by atoms with E-state index >= 15 is 0 Å². The number of anilines is 1. The lowest BCUT2D eigenvalue weighted by Crippen LogP contribution is -3.12. The largest absolute Gasteiger partial charge is 0.418 e. The van der Waals surface area contributed by atoms with Gasteiger partial charge >= 0.3 is 6.18 Å². The summed E-state index contributed by atoms with van der Waals surface area (Å²) < 4.78 is 38.9. The molecule has 3 nitrogen and oxygen atoms in total. The SMILES string of the molecule is O=C(C[NH+]1CCc2ccccc2C1)Nc1ccccc1C(F)(F)F. The molecule has 2 aromatic rings. The molecule has 2 N–H and O–H groups in total. The summed E-state index contributed by atoms with van der Waals surface area (Å²) in [6, 6.07) is 13.1.